The van der Waals surface area contributed by atoms with Gasteiger partial charge in [0.15, 0.2) is 5.65 Å². The van der Waals surface area contributed by atoms with Crippen molar-refractivity contribution < 1.29 is 9.90 Å². The summed E-state index contributed by atoms with van der Waals surface area (Å²) in [5.74, 6) is -0.335. The van der Waals surface area contributed by atoms with E-state index in [4.69, 9.17) is 0 Å². The Bertz CT molecular complexity index is 703. The van der Waals surface area contributed by atoms with E-state index in [9.17, 15) is 9.90 Å². The van der Waals surface area contributed by atoms with Gasteiger partial charge in [-0.15, -0.1) is 21.5 Å². The average molecular weight is 259 g/mol. The van der Waals surface area contributed by atoms with Crippen molar-refractivity contribution >= 4 is 23.0 Å². The second-order valence-electron chi connectivity index (χ2n) is 3.78. The third-order valence-electron chi connectivity index (χ3n) is 2.63. The van der Waals surface area contributed by atoms with Crippen molar-refractivity contribution in [1.29, 1.82) is 0 Å². The quantitative estimate of drug-likeness (QED) is 0.782. The van der Waals surface area contributed by atoms with Crippen LogP contribution in [0.3, 0.4) is 0 Å². The molecular weight excluding hydrogens is 250 g/mol. The van der Waals surface area contributed by atoms with Crippen LogP contribution in [0.25, 0.3) is 5.65 Å². The van der Waals surface area contributed by atoms with Crippen LogP contribution >= 0.6 is 11.3 Å². The maximum absolute atomic E-state index is 11.2. The smallest absolute Gasteiger partial charge is 0.352 e. The van der Waals surface area contributed by atoms with Gasteiger partial charge in [0.2, 0.25) is 0 Å². The van der Waals surface area contributed by atoms with E-state index in [0.29, 0.717) is 17.9 Å². The van der Waals surface area contributed by atoms with Crippen molar-refractivity contribution in [2.24, 2.45) is 0 Å². The SMILES string of the molecule is O=C(O)c1cccc2nnc(Cc3cccs3)n12. The molecule has 0 unspecified atom stereocenters. The number of carboxylic acid groups (broad SMARTS) is 1. The van der Waals surface area contributed by atoms with Gasteiger partial charge in [-0.1, -0.05) is 12.1 Å². The van der Waals surface area contributed by atoms with Crippen LogP contribution < -0.4 is 0 Å². The van der Waals surface area contributed by atoms with E-state index in [1.165, 1.54) is 0 Å². The van der Waals surface area contributed by atoms with Crippen molar-refractivity contribution in [3.63, 3.8) is 0 Å². The standard InChI is InChI=1S/C12H9N3O2S/c16-12(17)9-4-1-5-10-13-14-11(15(9)10)7-8-3-2-6-18-8/h1-6H,7H2,(H,16,17). The van der Waals surface area contributed by atoms with Crippen LogP contribution in [0.1, 0.15) is 21.2 Å². The van der Waals surface area contributed by atoms with Crippen molar-refractivity contribution in [3.05, 3.63) is 52.1 Å². The van der Waals surface area contributed by atoms with E-state index in [1.807, 2.05) is 17.5 Å². The number of hydrogen-bond donors (Lipinski definition) is 1. The monoisotopic (exact) mass is 259 g/mol. The molecule has 3 rings (SSSR count). The van der Waals surface area contributed by atoms with Gasteiger partial charge >= 0.3 is 5.97 Å². The van der Waals surface area contributed by atoms with Gasteiger partial charge in [0.25, 0.3) is 0 Å². The highest BCUT2D eigenvalue weighted by Crippen LogP contribution is 2.16. The zero-order valence-corrected chi connectivity index (χ0v) is 10.1. The van der Waals surface area contributed by atoms with E-state index < -0.39 is 5.97 Å². The van der Waals surface area contributed by atoms with Gasteiger partial charge in [-0.3, -0.25) is 4.40 Å². The minimum Gasteiger partial charge on any atom is -0.477 e. The maximum atomic E-state index is 11.2. The first-order valence-corrected chi connectivity index (χ1v) is 6.22. The van der Waals surface area contributed by atoms with Gasteiger partial charge in [-0.2, -0.15) is 0 Å². The predicted octanol–water partition coefficient (Wildman–Crippen LogP) is 2.08. The molecule has 0 spiro atoms. The first kappa shape index (κ1) is 10.9. The molecule has 0 amide bonds. The minimum absolute atomic E-state index is 0.184. The Kier molecular flexibility index (Phi) is 2.56. The van der Waals surface area contributed by atoms with Crippen LogP contribution in [-0.2, 0) is 6.42 Å². The molecule has 0 atom stereocenters. The molecule has 6 heteroatoms. The minimum atomic E-state index is -0.979. The van der Waals surface area contributed by atoms with E-state index in [0.717, 1.165) is 4.88 Å². The lowest BCUT2D eigenvalue weighted by Crippen LogP contribution is -2.07. The highest BCUT2D eigenvalue weighted by atomic mass is 32.1. The van der Waals surface area contributed by atoms with E-state index in [-0.39, 0.29) is 5.69 Å². The molecule has 0 aliphatic carbocycles. The summed E-state index contributed by atoms with van der Waals surface area (Å²) in [5.41, 5.74) is 0.741. The van der Waals surface area contributed by atoms with Crippen molar-refractivity contribution in [2.45, 2.75) is 6.42 Å². The normalized spacial score (nSPS) is 10.9. The first-order valence-electron chi connectivity index (χ1n) is 5.34. The number of pyridine rings is 1. The lowest BCUT2D eigenvalue weighted by molar-refractivity contribution is 0.0688. The van der Waals surface area contributed by atoms with Crippen molar-refractivity contribution in [2.75, 3.05) is 0 Å². The molecule has 1 N–H and O–H groups in total. The fourth-order valence-corrected chi connectivity index (χ4v) is 2.55. The summed E-state index contributed by atoms with van der Waals surface area (Å²) in [4.78, 5) is 12.3. The number of fused-ring (bicyclic) bond motifs is 1. The summed E-state index contributed by atoms with van der Waals surface area (Å²) in [6.45, 7) is 0. The highest BCUT2D eigenvalue weighted by molar-refractivity contribution is 7.09. The molecular formula is C12H9N3O2S. The molecule has 0 aliphatic heterocycles. The van der Waals surface area contributed by atoms with Crippen LogP contribution in [-0.4, -0.2) is 25.7 Å². The van der Waals surface area contributed by atoms with Gasteiger partial charge in [0.1, 0.15) is 11.5 Å². The summed E-state index contributed by atoms with van der Waals surface area (Å²) >= 11 is 1.62. The molecule has 3 heterocycles. The molecule has 90 valence electrons. The number of carbonyl (C=O) groups is 1. The molecule has 0 aromatic carbocycles. The fraction of sp³-hybridized carbons (Fsp3) is 0.0833. The number of thiophene rings is 1. The van der Waals surface area contributed by atoms with E-state index in [2.05, 4.69) is 10.2 Å². The number of carboxylic acids is 1. The summed E-state index contributed by atoms with van der Waals surface area (Å²) in [7, 11) is 0. The number of nitrogens with zero attached hydrogens (tertiary/aromatic N) is 3. The highest BCUT2D eigenvalue weighted by Gasteiger charge is 2.14. The summed E-state index contributed by atoms with van der Waals surface area (Å²) < 4.78 is 1.59. The van der Waals surface area contributed by atoms with Crippen LogP contribution in [0.2, 0.25) is 0 Å². The topological polar surface area (TPSA) is 67.5 Å². The Hall–Kier alpha value is -2.21. The summed E-state index contributed by atoms with van der Waals surface area (Å²) in [6, 6.07) is 8.92. The van der Waals surface area contributed by atoms with Crippen LogP contribution in [0.5, 0.6) is 0 Å². The molecule has 0 saturated carbocycles. The lowest BCUT2D eigenvalue weighted by Gasteiger charge is -2.02. The number of hydrogen-bond acceptors (Lipinski definition) is 4. The van der Waals surface area contributed by atoms with Gasteiger partial charge < -0.3 is 5.11 Å². The molecule has 3 aromatic heterocycles. The Morgan fingerprint density at radius 2 is 2.17 bits per heavy atom. The third-order valence-corrected chi connectivity index (χ3v) is 3.50. The summed E-state index contributed by atoms with van der Waals surface area (Å²) in [5, 5.41) is 19.2. The Morgan fingerprint density at radius 1 is 1.28 bits per heavy atom. The maximum Gasteiger partial charge on any atom is 0.352 e. The third kappa shape index (κ3) is 1.76. The molecule has 0 aliphatic rings. The largest absolute Gasteiger partial charge is 0.477 e. The van der Waals surface area contributed by atoms with Gasteiger partial charge in [-0.05, 0) is 23.6 Å². The molecule has 0 bridgehead atoms. The Balaban J connectivity index is 2.15. The van der Waals surface area contributed by atoms with Gasteiger partial charge in [-0.25, -0.2) is 4.79 Å². The number of rotatable bonds is 3. The molecule has 0 fully saturated rings. The van der Waals surface area contributed by atoms with Crippen LogP contribution in [0.4, 0.5) is 0 Å². The molecule has 5 nitrogen and oxygen atoms in total. The first-order chi connectivity index (χ1) is 8.75. The Morgan fingerprint density at radius 3 is 2.89 bits per heavy atom. The van der Waals surface area contributed by atoms with E-state index >= 15 is 0 Å². The predicted molar refractivity (Wildman–Crippen MR) is 67.1 cm³/mol. The van der Waals surface area contributed by atoms with Crippen molar-refractivity contribution in [3.8, 4) is 0 Å². The van der Waals surface area contributed by atoms with E-state index in [1.54, 1.807) is 33.9 Å². The lowest BCUT2D eigenvalue weighted by atomic mass is 10.3. The molecule has 0 radical (unpaired) electrons. The second-order valence-corrected chi connectivity index (χ2v) is 4.81. The second kappa shape index (κ2) is 4.23. The van der Waals surface area contributed by atoms with Crippen LogP contribution in [0.15, 0.2) is 35.7 Å². The number of aromatic nitrogens is 3. The average Bonchev–Trinajstić information content (AvgIpc) is 2.99. The molecule has 3 aromatic rings. The fourth-order valence-electron chi connectivity index (χ4n) is 1.85. The zero-order chi connectivity index (χ0) is 12.5. The van der Waals surface area contributed by atoms with Gasteiger partial charge in [0, 0.05) is 11.3 Å². The number of aromatic carboxylic acids is 1. The Labute approximate surface area is 106 Å². The zero-order valence-electron chi connectivity index (χ0n) is 9.28. The molecule has 0 saturated heterocycles. The molecule has 18 heavy (non-hydrogen) atoms. The van der Waals surface area contributed by atoms with Gasteiger partial charge in [0.05, 0.1) is 0 Å². The van der Waals surface area contributed by atoms with Crippen molar-refractivity contribution in [1.82, 2.24) is 14.6 Å². The summed E-state index contributed by atoms with van der Waals surface area (Å²) in [6.07, 6.45) is 0.586. The van der Waals surface area contributed by atoms with Crippen LogP contribution in [0, 0.1) is 0 Å².